The molecule has 2 N–H and O–H groups in total. The summed E-state index contributed by atoms with van der Waals surface area (Å²) in [6, 6.07) is 9.51. The minimum atomic E-state index is -1.94. The molecule has 0 unspecified atom stereocenters. The highest BCUT2D eigenvalue weighted by Crippen LogP contribution is 2.24. The molecule has 0 spiro atoms. The fraction of sp³-hybridized carbons (Fsp3) is 0. The molecule has 0 aliphatic heterocycles. The van der Waals surface area contributed by atoms with E-state index < -0.39 is 13.1 Å². The smallest absolute Gasteiger partial charge is 0.512 e. The monoisotopic (exact) mass is 206 g/mol. The van der Waals surface area contributed by atoms with Crippen molar-refractivity contribution in [3.05, 3.63) is 42.2 Å². The van der Waals surface area contributed by atoms with Crippen LogP contribution in [-0.2, 0) is 0 Å². The van der Waals surface area contributed by atoms with E-state index >= 15 is 0 Å². The summed E-state index contributed by atoms with van der Waals surface area (Å²) in [5.74, 6) is -0.370. The summed E-state index contributed by atoms with van der Waals surface area (Å²) in [4.78, 5) is 0. The lowest BCUT2D eigenvalue weighted by atomic mass is 10.1. The average molecular weight is 206 g/mol. The van der Waals surface area contributed by atoms with Crippen LogP contribution in [0.25, 0.3) is 10.8 Å². The Morgan fingerprint density at radius 2 is 1.87 bits per heavy atom. The van der Waals surface area contributed by atoms with E-state index in [1.807, 2.05) is 0 Å². The molecule has 5 heteroatoms. The lowest BCUT2D eigenvalue weighted by molar-refractivity contribution is 0.288. The van der Waals surface area contributed by atoms with Crippen LogP contribution in [0.4, 0.5) is 4.39 Å². The van der Waals surface area contributed by atoms with Crippen LogP contribution >= 0.6 is 0 Å². The van der Waals surface area contributed by atoms with Crippen LogP contribution in [0.15, 0.2) is 36.4 Å². The first kappa shape index (κ1) is 9.95. The van der Waals surface area contributed by atoms with Gasteiger partial charge in [-0.1, -0.05) is 24.3 Å². The van der Waals surface area contributed by atoms with Crippen molar-refractivity contribution in [1.82, 2.24) is 0 Å². The Balaban J connectivity index is 2.52. The van der Waals surface area contributed by atoms with Gasteiger partial charge in [-0.25, -0.2) is 4.39 Å². The highest BCUT2D eigenvalue weighted by atomic mass is 19.1. The minimum absolute atomic E-state index is 0.0844. The van der Waals surface area contributed by atoms with Gasteiger partial charge in [0.05, 0.1) is 0 Å². The molecule has 0 saturated carbocycles. The minimum Gasteiger partial charge on any atom is -0.512 e. The van der Waals surface area contributed by atoms with Crippen molar-refractivity contribution in [3.63, 3.8) is 0 Å². The van der Waals surface area contributed by atoms with E-state index in [0.29, 0.717) is 10.8 Å². The Hall–Kier alpha value is -1.59. The van der Waals surface area contributed by atoms with E-state index in [-0.39, 0.29) is 5.75 Å². The molecule has 2 aromatic rings. The standard InChI is InChI=1S/C10H8BFO3/c12-10-6-8(15-11(13)14)5-7-3-1-2-4-9(7)10/h1-6,13-14H. The zero-order valence-electron chi connectivity index (χ0n) is 7.72. The number of hydrogen-bond donors (Lipinski definition) is 2. The van der Waals surface area contributed by atoms with Gasteiger partial charge in [0.25, 0.3) is 0 Å². The molecular weight excluding hydrogens is 198 g/mol. The first-order valence-corrected chi connectivity index (χ1v) is 4.38. The summed E-state index contributed by atoms with van der Waals surface area (Å²) >= 11 is 0. The Kier molecular flexibility index (Phi) is 2.57. The van der Waals surface area contributed by atoms with E-state index in [9.17, 15) is 4.39 Å². The van der Waals surface area contributed by atoms with Crippen molar-refractivity contribution in [2.45, 2.75) is 0 Å². The SMILES string of the molecule is OB(O)Oc1cc(F)c2ccccc2c1. The third-order valence-electron chi connectivity index (χ3n) is 2.03. The lowest BCUT2D eigenvalue weighted by Gasteiger charge is -2.06. The quantitative estimate of drug-likeness (QED) is 0.728. The number of fused-ring (bicyclic) bond motifs is 1. The van der Waals surface area contributed by atoms with Crippen molar-refractivity contribution in [3.8, 4) is 5.75 Å². The molecule has 0 heterocycles. The van der Waals surface area contributed by atoms with Crippen molar-refractivity contribution in [2.75, 3.05) is 0 Å². The predicted molar refractivity (Wildman–Crippen MR) is 54.7 cm³/mol. The van der Waals surface area contributed by atoms with Gasteiger partial charge in [-0.15, -0.1) is 0 Å². The van der Waals surface area contributed by atoms with E-state index in [2.05, 4.69) is 4.65 Å². The maximum Gasteiger partial charge on any atom is 0.707 e. The third kappa shape index (κ3) is 2.08. The van der Waals surface area contributed by atoms with Crippen molar-refractivity contribution in [2.24, 2.45) is 0 Å². The lowest BCUT2D eigenvalue weighted by Crippen LogP contribution is -2.20. The highest BCUT2D eigenvalue weighted by Gasteiger charge is 2.12. The summed E-state index contributed by atoms with van der Waals surface area (Å²) in [6.07, 6.45) is 0. The molecule has 0 bridgehead atoms. The summed E-state index contributed by atoms with van der Waals surface area (Å²) in [7, 11) is -1.94. The molecule has 0 radical (unpaired) electrons. The van der Waals surface area contributed by atoms with Gasteiger partial charge in [0.2, 0.25) is 0 Å². The van der Waals surface area contributed by atoms with Crippen LogP contribution in [0, 0.1) is 5.82 Å². The number of rotatable bonds is 2. The second-order valence-corrected chi connectivity index (χ2v) is 3.07. The van der Waals surface area contributed by atoms with Crippen LogP contribution in [0.2, 0.25) is 0 Å². The van der Waals surface area contributed by atoms with Gasteiger partial charge in [-0.05, 0) is 11.5 Å². The predicted octanol–water partition coefficient (Wildman–Crippen LogP) is 1.33. The molecular formula is C10H8BFO3. The van der Waals surface area contributed by atoms with Gasteiger partial charge in [0, 0.05) is 11.5 Å². The Bertz CT molecular complexity index is 487. The third-order valence-corrected chi connectivity index (χ3v) is 2.03. The summed E-state index contributed by atoms with van der Waals surface area (Å²) in [5, 5.41) is 18.3. The first-order valence-electron chi connectivity index (χ1n) is 4.38. The van der Waals surface area contributed by atoms with Crippen LogP contribution in [0.3, 0.4) is 0 Å². The van der Waals surface area contributed by atoms with Gasteiger partial charge < -0.3 is 14.7 Å². The topological polar surface area (TPSA) is 49.7 Å². The van der Waals surface area contributed by atoms with Gasteiger partial charge in [0.1, 0.15) is 11.6 Å². The molecule has 3 nitrogen and oxygen atoms in total. The van der Waals surface area contributed by atoms with E-state index in [4.69, 9.17) is 10.0 Å². The van der Waals surface area contributed by atoms with Crippen LogP contribution in [0.1, 0.15) is 0 Å². The molecule has 2 aromatic carbocycles. The summed E-state index contributed by atoms with van der Waals surface area (Å²) < 4.78 is 18.0. The van der Waals surface area contributed by atoms with Gasteiger partial charge in [-0.3, -0.25) is 0 Å². The molecule has 0 aliphatic carbocycles. The molecule has 76 valence electrons. The highest BCUT2D eigenvalue weighted by molar-refractivity contribution is 6.33. The van der Waals surface area contributed by atoms with Crippen LogP contribution in [0.5, 0.6) is 5.75 Å². The molecule has 15 heavy (non-hydrogen) atoms. The number of halogens is 1. The summed E-state index contributed by atoms with van der Waals surface area (Å²) in [5.41, 5.74) is 0. The second-order valence-electron chi connectivity index (χ2n) is 3.07. The van der Waals surface area contributed by atoms with Crippen molar-refractivity contribution in [1.29, 1.82) is 0 Å². The van der Waals surface area contributed by atoms with E-state index in [1.165, 1.54) is 6.07 Å². The molecule has 0 atom stereocenters. The number of hydrogen-bond acceptors (Lipinski definition) is 3. The van der Waals surface area contributed by atoms with Gasteiger partial charge >= 0.3 is 7.32 Å². The molecule has 0 aliphatic rings. The normalized spacial score (nSPS) is 10.3. The zero-order valence-corrected chi connectivity index (χ0v) is 7.72. The number of benzene rings is 2. The van der Waals surface area contributed by atoms with Gasteiger partial charge in [0.15, 0.2) is 0 Å². The molecule has 2 rings (SSSR count). The molecule has 0 amide bonds. The van der Waals surface area contributed by atoms with Crippen molar-refractivity contribution < 1.29 is 19.1 Å². The van der Waals surface area contributed by atoms with Crippen LogP contribution in [-0.4, -0.2) is 17.4 Å². The van der Waals surface area contributed by atoms with E-state index in [1.54, 1.807) is 24.3 Å². The van der Waals surface area contributed by atoms with Gasteiger partial charge in [-0.2, -0.15) is 0 Å². The zero-order chi connectivity index (χ0) is 10.8. The average Bonchev–Trinajstić information content (AvgIpc) is 2.16. The second kappa shape index (κ2) is 3.88. The van der Waals surface area contributed by atoms with Crippen molar-refractivity contribution >= 4 is 18.1 Å². The Morgan fingerprint density at radius 1 is 1.13 bits per heavy atom. The van der Waals surface area contributed by atoms with Crippen LogP contribution < -0.4 is 4.65 Å². The molecule has 0 aromatic heterocycles. The fourth-order valence-corrected chi connectivity index (χ4v) is 1.43. The van der Waals surface area contributed by atoms with E-state index in [0.717, 1.165) is 6.07 Å². The Morgan fingerprint density at radius 3 is 2.60 bits per heavy atom. The molecule has 0 saturated heterocycles. The Labute approximate surface area is 85.9 Å². The first-order chi connectivity index (χ1) is 7.16. The maximum atomic E-state index is 13.5. The maximum absolute atomic E-state index is 13.5. The fourth-order valence-electron chi connectivity index (χ4n) is 1.43. The molecule has 0 fully saturated rings. The largest absolute Gasteiger partial charge is 0.707 e. The summed E-state index contributed by atoms with van der Waals surface area (Å²) in [6.45, 7) is 0.